The summed E-state index contributed by atoms with van der Waals surface area (Å²) in [5, 5.41) is 16.1. The highest BCUT2D eigenvalue weighted by Gasteiger charge is 2.26. The molecule has 1 aliphatic rings. The second-order valence-corrected chi connectivity index (χ2v) is 7.95. The van der Waals surface area contributed by atoms with Crippen molar-refractivity contribution in [3.63, 3.8) is 0 Å². The van der Waals surface area contributed by atoms with E-state index in [9.17, 15) is 14.7 Å². The fourth-order valence-corrected chi connectivity index (χ4v) is 4.09. The van der Waals surface area contributed by atoms with E-state index in [2.05, 4.69) is 10.1 Å². The van der Waals surface area contributed by atoms with E-state index in [-0.39, 0.29) is 18.8 Å². The minimum atomic E-state index is -0.515. The van der Waals surface area contributed by atoms with Crippen LogP contribution in [0.15, 0.2) is 32.9 Å². The van der Waals surface area contributed by atoms with Crippen molar-refractivity contribution >= 4 is 46.0 Å². The lowest BCUT2D eigenvalue weighted by molar-refractivity contribution is 0.289. The minimum absolute atomic E-state index is 0.00911. The molecule has 2 aromatic heterocycles. The summed E-state index contributed by atoms with van der Waals surface area (Å²) in [6.45, 7) is 2.62. The number of halogens is 2. The lowest BCUT2D eigenvalue weighted by Crippen LogP contribution is -2.40. The first-order chi connectivity index (χ1) is 14.3. The Labute approximate surface area is 181 Å². The third kappa shape index (κ3) is 3.32. The highest BCUT2D eigenvalue weighted by atomic mass is 35.5. The monoisotopic (exact) mass is 450 g/mol. The number of anilines is 1. The summed E-state index contributed by atoms with van der Waals surface area (Å²) in [4.78, 5) is 30.9. The molecular formula is C19H20Cl2N6O3. The zero-order valence-electron chi connectivity index (χ0n) is 16.5. The number of aliphatic hydroxyl groups is 1. The van der Waals surface area contributed by atoms with Crippen molar-refractivity contribution in [1.29, 1.82) is 0 Å². The predicted octanol–water partition coefficient (Wildman–Crippen LogP) is 1.83. The van der Waals surface area contributed by atoms with Gasteiger partial charge in [0.25, 0.3) is 5.56 Å². The molecule has 1 N–H and O–H groups in total. The van der Waals surface area contributed by atoms with Gasteiger partial charge in [0.05, 0.1) is 18.8 Å². The number of fused-ring (bicyclic) bond motifs is 3. The summed E-state index contributed by atoms with van der Waals surface area (Å²) in [6.07, 6.45) is 0.494. The van der Waals surface area contributed by atoms with E-state index in [0.717, 1.165) is 10.3 Å². The second-order valence-electron chi connectivity index (χ2n) is 7.14. The Hall–Kier alpha value is -2.62. The van der Waals surface area contributed by atoms with Crippen molar-refractivity contribution in [3.05, 3.63) is 54.6 Å². The van der Waals surface area contributed by atoms with Crippen molar-refractivity contribution in [2.24, 2.45) is 12.1 Å². The Balaban J connectivity index is 1.93. The summed E-state index contributed by atoms with van der Waals surface area (Å²) >= 11 is 12.5. The number of imidazole rings is 1. The molecule has 158 valence electrons. The minimum Gasteiger partial charge on any atom is -0.396 e. The van der Waals surface area contributed by atoms with Gasteiger partial charge in [-0.2, -0.15) is 10.1 Å². The molecule has 1 aromatic carbocycles. The largest absolute Gasteiger partial charge is 0.396 e. The number of aryl methyl sites for hydroxylation is 1. The van der Waals surface area contributed by atoms with E-state index in [0.29, 0.717) is 46.6 Å². The van der Waals surface area contributed by atoms with E-state index in [4.69, 9.17) is 23.2 Å². The van der Waals surface area contributed by atoms with Gasteiger partial charge in [0.1, 0.15) is 0 Å². The molecule has 1 aliphatic heterocycles. The van der Waals surface area contributed by atoms with Gasteiger partial charge in [0.15, 0.2) is 11.2 Å². The molecule has 0 saturated heterocycles. The molecule has 4 rings (SSSR count). The van der Waals surface area contributed by atoms with E-state index >= 15 is 0 Å². The van der Waals surface area contributed by atoms with Gasteiger partial charge in [-0.15, -0.1) is 0 Å². The van der Waals surface area contributed by atoms with Gasteiger partial charge >= 0.3 is 5.69 Å². The molecular weight excluding hydrogens is 431 g/mol. The molecule has 0 spiro atoms. The van der Waals surface area contributed by atoms with E-state index < -0.39 is 11.2 Å². The summed E-state index contributed by atoms with van der Waals surface area (Å²) < 4.78 is 4.21. The molecule has 0 fully saturated rings. The lowest BCUT2D eigenvalue weighted by atomic mass is 10.2. The van der Waals surface area contributed by atoms with E-state index in [1.165, 1.54) is 4.57 Å². The van der Waals surface area contributed by atoms with Crippen LogP contribution < -0.4 is 16.3 Å². The van der Waals surface area contributed by atoms with Gasteiger partial charge in [-0.05, 0) is 25.5 Å². The van der Waals surface area contributed by atoms with E-state index in [1.807, 2.05) is 6.92 Å². The Morgan fingerprint density at radius 1 is 1.20 bits per heavy atom. The van der Waals surface area contributed by atoms with Crippen LogP contribution in [0.3, 0.4) is 0 Å². The predicted molar refractivity (Wildman–Crippen MR) is 117 cm³/mol. The SMILES string of the molecule is CC1=NN(CCCO)c2nc3c(c(=O)n(Cc4c(Cl)cccc4Cl)c(=O)n3C)n2C1. The summed E-state index contributed by atoms with van der Waals surface area (Å²) in [6, 6.07) is 5.03. The fraction of sp³-hybridized carbons (Fsp3) is 0.368. The number of aliphatic hydroxyl groups excluding tert-OH is 1. The zero-order chi connectivity index (χ0) is 21.6. The molecule has 0 saturated carbocycles. The third-order valence-corrected chi connectivity index (χ3v) is 5.74. The number of aromatic nitrogens is 4. The van der Waals surface area contributed by atoms with Crippen LogP contribution in [0.4, 0.5) is 5.95 Å². The van der Waals surface area contributed by atoms with Gasteiger partial charge in [-0.3, -0.25) is 18.5 Å². The second kappa shape index (κ2) is 7.90. The number of rotatable bonds is 5. The molecule has 9 nitrogen and oxygen atoms in total. The van der Waals surface area contributed by atoms with Crippen molar-refractivity contribution in [3.8, 4) is 0 Å². The van der Waals surface area contributed by atoms with Crippen LogP contribution in [0.2, 0.25) is 10.0 Å². The average Bonchev–Trinajstić information content (AvgIpc) is 3.09. The molecule has 3 heterocycles. The van der Waals surface area contributed by atoms with Crippen molar-refractivity contribution in [1.82, 2.24) is 18.7 Å². The molecule has 0 radical (unpaired) electrons. The Morgan fingerprint density at radius 2 is 1.90 bits per heavy atom. The fourth-order valence-electron chi connectivity index (χ4n) is 3.57. The summed E-state index contributed by atoms with van der Waals surface area (Å²) in [5.41, 5.74) is 0.880. The molecule has 0 unspecified atom stereocenters. The first-order valence-corrected chi connectivity index (χ1v) is 10.1. The Bertz CT molecular complexity index is 1270. The Kier molecular flexibility index (Phi) is 5.44. The molecule has 0 atom stereocenters. The number of hydrogen-bond acceptors (Lipinski definition) is 6. The number of hydrogen-bond donors (Lipinski definition) is 1. The summed E-state index contributed by atoms with van der Waals surface area (Å²) in [5.74, 6) is 0.463. The van der Waals surface area contributed by atoms with Gasteiger partial charge < -0.3 is 5.11 Å². The van der Waals surface area contributed by atoms with Crippen LogP contribution in [0, 0.1) is 0 Å². The number of benzene rings is 1. The topological polar surface area (TPSA) is 97.7 Å². The van der Waals surface area contributed by atoms with Crippen molar-refractivity contribution in [2.45, 2.75) is 26.4 Å². The molecule has 0 aliphatic carbocycles. The maximum absolute atomic E-state index is 13.4. The quantitative estimate of drug-likeness (QED) is 0.639. The standard InChI is InChI=1S/C19H20Cl2N6O3/c1-11-9-25-15-16(22-18(25)27(23-11)7-4-8-28)24(2)19(30)26(17(15)29)10-12-13(20)5-3-6-14(12)21/h3,5-6,28H,4,7-10H2,1-2H3. The van der Waals surface area contributed by atoms with Crippen LogP contribution in [0.25, 0.3) is 11.2 Å². The maximum Gasteiger partial charge on any atom is 0.332 e. The Morgan fingerprint density at radius 3 is 2.57 bits per heavy atom. The smallest absolute Gasteiger partial charge is 0.332 e. The highest BCUT2D eigenvalue weighted by Crippen LogP contribution is 2.26. The molecule has 11 heteroatoms. The average molecular weight is 451 g/mol. The normalized spacial score (nSPS) is 13.6. The highest BCUT2D eigenvalue weighted by molar-refractivity contribution is 6.35. The van der Waals surface area contributed by atoms with Gasteiger partial charge in [0.2, 0.25) is 5.95 Å². The third-order valence-electron chi connectivity index (χ3n) is 5.03. The van der Waals surface area contributed by atoms with Crippen molar-refractivity contribution in [2.75, 3.05) is 18.2 Å². The maximum atomic E-state index is 13.4. The first-order valence-electron chi connectivity index (χ1n) is 9.39. The van der Waals surface area contributed by atoms with Crippen LogP contribution >= 0.6 is 23.2 Å². The van der Waals surface area contributed by atoms with Crippen LogP contribution in [0.1, 0.15) is 18.9 Å². The lowest BCUT2D eigenvalue weighted by Gasteiger charge is -2.24. The zero-order valence-corrected chi connectivity index (χ0v) is 18.0. The summed E-state index contributed by atoms with van der Waals surface area (Å²) in [7, 11) is 1.57. The molecule has 0 bridgehead atoms. The van der Waals surface area contributed by atoms with Gasteiger partial charge in [-0.25, -0.2) is 9.80 Å². The number of nitrogens with zero attached hydrogens (tertiary/aromatic N) is 6. The molecule has 0 amide bonds. The van der Waals surface area contributed by atoms with Crippen LogP contribution in [-0.2, 0) is 20.1 Å². The number of hydrazone groups is 1. The van der Waals surface area contributed by atoms with Crippen LogP contribution in [-0.4, -0.2) is 42.7 Å². The van der Waals surface area contributed by atoms with Gasteiger partial charge in [-0.1, -0.05) is 29.3 Å². The van der Waals surface area contributed by atoms with E-state index in [1.54, 1.807) is 34.8 Å². The van der Waals surface area contributed by atoms with Crippen LogP contribution in [0.5, 0.6) is 0 Å². The molecule has 3 aromatic rings. The van der Waals surface area contributed by atoms with Crippen molar-refractivity contribution < 1.29 is 5.11 Å². The first kappa shape index (κ1) is 20.6. The molecule has 30 heavy (non-hydrogen) atoms. The van der Waals surface area contributed by atoms with Gasteiger partial charge in [0, 0.05) is 35.8 Å².